The molecule has 0 aromatic carbocycles. The first kappa shape index (κ1) is 13.4. The molecule has 94 valence electrons. The largest absolute Gasteiger partial charge is 0.394 e. The number of aliphatic hydroxyl groups excluding tert-OH is 2. The van der Waals surface area contributed by atoms with Gasteiger partial charge in [0.05, 0.1) is 24.7 Å². The number of rotatable bonds is 5. The molecule has 5 heteroatoms. The van der Waals surface area contributed by atoms with Crippen molar-refractivity contribution in [1.82, 2.24) is 10.6 Å². The van der Waals surface area contributed by atoms with Gasteiger partial charge in [0.15, 0.2) is 0 Å². The van der Waals surface area contributed by atoms with Crippen LogP contribution in [0.5, 0.6) is 0 Å². The predicted molar refractivity (Wildman–Crippen MR) is 60.9 cm³/mol. The Labute approximate surface area is 96.2 Å². The maximum Gasteiger partial charge on any atom is 0.225 e. The number of nitrogens with one attached hydrogen (secondary N) is 2. The summed E-state index contributed by atoms with van der Waals surface area (Å²) in [7, 11) is 0. The topological polar surface area (TPSA) is 81.6 Å². The zero-order valence-corrected chi connectivity index (χ0v) is 9.99. The molecule has 1 heterocycles. The second-order valence-electron chi connectivity index (χ2n) is 4.68. The Balaban J connectivity index is 2.61. The molecule has 4 N–H and O–H groups in total. The van der Waals surface area contributed by atoms with Crippen molar-refractivity contribution in [2.24, 2.45) is 11.8 Å². The molecule has 5 nitrogen and oxygen atoms in total. The standard InChI is InChI=1S/C11H22N2O3/c1-3-11(6-14,7-15)13-10(16)9-5-12-4-8(9)2/h8-9,12,14-15H,3-7H2,1-2H3,(H,13,16). The summed E-state index contributed by atoms with van der Waals surface area (Å²) in [4.78, 5) is 12.0. The molecular weight excluding hydrogens is 208 g/mol. The Morgan fingerprint density at radius 1 is 1.44 bits per heavy atom. The number of aliphatic hydroxyl groups is 2. The fourth-order valence-corrected chi connectivity index (χ4v) is 1.96. The van der Waals surface area contributed by atoms with Gasteiger partial charge in [0.25, 0.3) is 0 Å². The molecule has 1 saturated heterocycles. The lowest BCUT2D eigenvalue weighted by molar-refractivity contribution is -0.128. The van der Waals surface area contributed by atoms with Crippen LogP contribution in [0.2, 0.25) is 0 Å². The Bertz CT molecular complexity index is 233. The molecule has 0 aliphatic carbocycles. The molecule has 0 aromatic rings. The van der Waals surface area contributed by atoms with E-state index in [-0.39, 0.29) is 25.0 Å². The van der Waals surface area contributed by atoms with Gasteiger partial charge in [-0.25, -0.2) is 0 Å². The van der Waals surface area contributed by atoms with Crippen LogP contribution in [-0.4, -0.2) is 48.0 Å². The smallest absolute Gasteiger partial charge is 0.225 e. The van der Waals surface area contributed by atoms with Crippen LogP contribution in [0.4, 0.5) is 0 Å². The van der Waals surface area contributed by atoms with Crippen LogP contribution in [0.15, 0.2) is 0 Å². The van der Waals surface area contributed by atoms with Crippen molar-refractivity contribution in [2.75, 3.05) is 26.3 Å². The van der Waals surface area contributed by atoms with E-state index in [1.165, 1.54) is 0 Å². The summed E-state index contributed by atoms with van der Waals surface area (Å²) in [5.74, 6) is 0.151. The maximum atomic E-state index is 12.0. The van der Waals surface area contributed by atoms with Crippen LogP contribution in [0.25, 0.3) is 0 Å². The maximum absolute atomic E-state index is 12.0. The SMILES string of the molecule is CCC(CO)(CO)NC(=O)C1CNCC1C. The van der Waals surface area contributed by atoms with E-state index in [0.717, 1.165) is 6.54 Å². The van der Waals surface area contributed by atoms with Crippen molar-refractivity contribution < 1.29 is 15.0 Å². The molecule has 1 amide bonds. The van der Waals surface area contributed by atoms with Gasteiger partial charge in [0, 0.05) is 6.54 Å². The fraction of sp³-hybridized carbons (Fsp3) is 0.909. The second-order valence-corrected chi connectivity index (χ2v) is 4.68. The van der Waals surface area contributed by atoms with Crippen LogP contribution in [0.3, 0.4) is 0 Å². The van der Waals surface area contributed by atoms with Gasteiger partial charge in [-0.15, -0.1) is 0 Å². The van der Waals surface area contributed by atoms with E-state index in [1.807, 2.05) is 13.8 Å². The first-order valence-electron chi connectivity index (χ1n) is 5.83. The van der Waals surface area contributed by atoms with Crippen molar-refractivity contribution in [3.05, 3.63) is 0 Å². The lowest BCUT2D eigenvalue weighted by Crippen LogP contribution is -2.56. The number of hydrogen-bond acceptors (Lipinski definition) is 4. The lowest BCUT2D eigenvalue weighted by atomic mass is 9.93. The van der Waals surface area contributed by atoms with Gasteiger partial charge in [-0.05, 0) is 18.9 Å². The number of hydrogen-bond donors (Lipinski definition) is 4. The molecule has 1 fully saturated rings. The fourth-order valence-electron chi connectivity index (χ4n) is 1.96. The molecule has 1 rings (SSSR count). The highest BCUT2D eigenvalue weighted by Gasteiger charge is 2.35. The van der Waals surface area contributed by atoms with Crippen molar-refractivity contribution in [3.8, 4) is 0 Å². The summed E-state index contributed by atoms with van der Waals surface area (Å²) in [6.07, 6.45) is 0.514. The van der Waals surface area contributed by atoms with E-state index in [1.54, 1.807) is 0 Å². The summed E-state index contributed by atoms with van der Waals surface area (Å²) < 4.78 is 0. The summed E-state index contributed by atoms with van der Waals surface area (Å²) in [6, 6.07) is 0. The molecule has 0 bridgehead atoms. The molecule has 0 aromatic heterocycles. The molecule has 0 spiro atoms. The zero-order valence-electron chi connectivity index (χ0n) is 9.99. The zero-order chi connectivity index (χ0) is 12.2. The molecular formula is C11H22N2O3. The van der Waals surface area contributed by atoms with Gasteiger partial charge in [-0.3, -0.25) is 4.79 Å². The van der Waals surface area contributed by atoms with Crippen molar-refractivity contribution in [1.29, 1.82) is 0 Å². The van der Waals surface area contributed by atoms with Crippen LogP contribution in [-0.2, 0) is 4.79 Å². The van der Waals surface area contributed by atoms with E-state index >= 15 is 0 Å². The van der Waals surface area contributed by atoms with Crippen molar-refractivity contribution in [2.45, 2.75) is 25.8 Å². The normalized spacial score (nSPS) is 25.8. The van der Waals surface area contributed by atoms with E-state index in [0.29, 0.717) is 18.9 Å². The molecule has 2 unspecified atom stereocenters. The number of amides is 1. The van der Waals surface area contributed by atoms with E-state index in [4.69, 9.17) is 0 Å². The molecule has 16 heavy (non-hydrogen) atoms. The van der Waals surface area contributed by atoms with E-state index < -0.39 is 5.54 Å². The highest BCUT2D eigenvalue weighted by molar-refractivity contribution is 5.80. The Hall–Kier alpha value is -0.650. The van der Waals surface area contributed by atoms with Crippen LogP contribution in [0.1, 0.15) is 20.3 Å². The Kier molecular flexibility index (Phi) is 4.70. The van der Waals surface area contributed by atoms with Crippen molar-refractivity contribution in [3.63, 3.8) is 0 Å². The minimum atomic E-state index is -0.876. The highest BCUT2D eigenvalue weighted by Crippen LogP contribution is 2.18. The quantitative estimate of drug-likeness (QED) is 0.493. The van der Waals surface area contributed by atoms with Gasteiger partial charge in [0.2, 0.25) is 5.91 Å². The summed E-state index contributed by atoms with van der Waals surface area (Å²) in [5, 5.41) is 24.4. The number of carbonyl (C=O) groups excluding carboxylic acids is 1. The van der Waals surface area contributed by atoms with Gasteiger partial charge in [0.1, 0.15) is 0 Å². The molecule has 2 atom stereocenters. The predicted octanol–water partition coefficient (Wildman–Crippen LogP) is -0.908. The molecule has 1 aliphatic rings. The molecule has 1 aliphatic heterocycles. The third-order valence-electron chi connectivity index (χ3n) is 3.52. The first-order chi connectivity index (χ1) is 7.58. The minimum Gasteiger partial charge on any atom is -0.394 e. The van der Waals surface area contributed by atoms with Gasteiger partial charge >= 0.3 is 0 Å². The summed E-state index contributed by atoms with van der Waals surface area (Å²) in [6.45, 7) is 4.90. The molecule has 0 saturated carbocycles. The molecule has 0 radical (unpaired) electrons. The Morgan fingerprint density at radius 2 is 2.06 bits per heavy atom. The average Bonchev–Trinajstić information content (AvgIpc) is 2.72. The Morgan fingerprint density at radius 3 is 2.44 bits per heavy atom. The monoisotopic (exact) mass is 230 g/mol. The van der Waals surface area contributed by atoms with Gasteiger partial charge < -0.3 is 20.8 Å². The summed E-state index contributed by atoms with van der Waals surface area (Å²) >= 11 is 0. The lowest BCUT2D eigenvalue weighted by Gasteiger charge is -2.31. The van der Waals surface area contributed by atoms with E-state index in [9.17, 15) is 15.0 Å². The van der Waals surface area contributed by atoms with Gasteiger partial charge in [-0.1, -0.05) is 13.8 Å². The average molecular weight is 230 g/mol. The van der Waals surface area contributed by atoms with Gasteiger partial charge in [-0.2, -0.15) is 0 Å². The van der Waals surface area contributed by atoms with Crippen LogP contribution < -0.4 is 10.6 Å². The highest BCUT2D eigenvalue weighted by atomic mass is 16.3. The minimum absolute atomic E-state index is 0.0657. The van der Waals surface area contributed by atoms with E-state index in [2.05, 4.69) is 10.6 Å². The van der Waals surface area contributed by atoms with Crippen LogP contribution >= 0.6 is 0 Å². The number of carbonyl (C=O) groups is 1. The third-order valence-corrected chi connectivity index (χ3v) is 3.52. The van der Waals surface area contributed by atoms with Crippen LogP contribution in [0, 0.1) is 11.8 Å². The third kappa shape index (κ3) is 2.72. The van der Waals surface area contributed by atoms with Crippen molar-refractivity contribution >= 4 is 5.91 Å². The summed E-state index contributed by atoms with van der Waals surface area (Å²) in [5.41, 5.74) is -0.876. The first-order valence-corrected chi connectivity index (χ1v) is 5.83. The second kappa shape index (κ2) is 5.61.